The number of aliphatic imine (C=N–C) groups is 1. The van der Waals surface area contributed by atoms with Gasteiger partial charge in [-0.3, -0.25) is 0 Å². The molecule has 1 aliphatic rings. The lowest BCUT2D eigenvalue weighted by Crippen LogP contribution is -2.05. The van der Waals surface area contributed by atoms with Crippen molar-refractivity contribution in [3.63, 3.8) is 0 Å². The molecule has 2 heterocycles. The van der Waals surface area contributed by atoms with Gasteiger partial charge in [-0.25, -0.2) is 9.79 Å². The normalized spacial score (nSPS) is 16.0. The maximum atomic E-state index is 11.8. The standard InChI is InChI=1S/C18H17NO3/c1-2-3-5-13-7-9-14(10-8-13)17-19-16(18(20)22-17)12-15-6-4-11-21-15/h4,6-12H,2-3,5H2,1H3. The molecule has 4 heteroatoms. The summed E-state index contributed by atoms with van der Waals surface area (Å²) >= 11 is 0. The summed E-state index contributed by atoms with van der Waals surface area (Å²) < 4.78 is 10.4. The summed E-state index contributed by atoms with van der Waals surface area (Å²) in [5, 5.41) is 0. The lowest BCUT2D eigenvalue weighted by Gasteiger charge is -2.02. The summed E-state index contributed by atoms with van der Waals surface area (Å²) in [7, 11) is 0. The molecule has 0 atom stereocenters. The zero-order valence-electron chi connectivity index (χ0n) is 12.4. The zero-order chi connectivity index (χ0) is 15.4. The van der Waals surface area contributed by atoms with Gasteiger partial charge >= 0.3 is 5.97 Å². The van der Waals surface area contributed by atoms with E-state index in [0.717, 1.165) is 12.0 Å². The number of esters is 1. The Balaban J connectivity index is 1.79. The zero-order valence-corrected chi connectivity index (χ0v) is 12.4. The first-order chi connectivity index (χ1) is 10.8. The average Bonchev–Trinajstić information content (AvgIpc) is 3.17. The molecular weight excluding hydrogens is 278 g/mol. The number of benzene rings is 1. The molecule has 0 N–H and O–H groups in total. The van der Waals surface area contributed by atoms with Gasteiger partial charge in [-0.1, -0.05) is 25.5 Å². The number of furan rings is 1. The van der Waals surface area contributed by atoms with Crippen molar-refractivity contribution >= 4 is 17.9 Å². The molecule has 4 nitrogen and oxygen atoms in total. The van der Waals surface area contributed by atoms with E-state index in [-0.39, 0.29) is 5.70 Å². The van der Waals surface area contributed by atoms with Crippen molar-refractivity contribution < 1.29 is 13.9 Å². The molecule has 0 saturated heterocycles. The van der Waals surface area contributed by atoms with Crippen molar-refractivity contribution in [2.24, 2.45) is 4.99 Å². The predicted octanol–water partition coefficient (Wildman–Crippen LogP) is 3.97. The Bertz CT molecular complexity index is 709. The molecule has 1 aromatic carbocycles. The van der Waals surface area contributed by atoms with Crippen LogP contribution in [0.1, 0.15) is 36.7 Å². The minimum atomic E-state index is -0.457. The summed E-state index contributed by atoms with van der Waals surface area (Å²) in [6.45, 7) is 2.17. The van der Waals surface area contributed by atoms with E-state index in [0.29, 0.717) is 11.7 Å². The quantitative estimate of drug-likeness (QED) is 0.619. The predicted molar refractivity (Wildman–Crippen MR) is 84.4 cm³/mol. The first-order valence-corrected chi connectivity index (χ1v) is 7.41. The van der Waals surface area contributed by atoms with Crippen LogP contribution in [0.4, 0.5) is 0 Å². The van der Waals surface area contributed by atoms with Crippen LogP contribution in [0.15, 0.2) is 57.8 Å². The third-order valence-corrected chi connectivity index (χ3v) is 3.46. The molecule has 1 aromatic heterocycles. The van der Waals surface area contributed by atoms with Crippen molar-refractivity contribution in [3.05, 3.63) is 65.2 Å². The van der Waals surface area contributed by atoms with Gasteiger partial charge in [-0.05, 0) is 42.7 Å². The van der Waals surface area contributed by atoms with Crippen LogP contribution in [0.25, 0.3) is 6.08 Å². The highest BCUT2D eigenvalue weighted by Crippen LogP contribution is 2.19. The number of aryl methyl sites for hydroxylation is 1. The van der Waals surface area contributed by atoms with Crippen LogP contribution in [0.2, 0.25) is 0 Å². The maximum Gasteiger partial charge on any atom is 0.363 e. The molecule has 0 spiro atoms. The van der Waals surface area contributed by atoms with Gasteiger partial charge in [0.1, 0.15) is 5.76 Å². The molecule has 0 fully saturated rings. The average molecular weight is 295 g/mol. The third-order valence-electron chi connectivity index (χ3n) is 3.46. The van der Waals surface area contributed by atoms with E-state index in [1.165, 1.54) is 18.4 Å². The highest BCUT2D eigenvalue weighted by molar-refractivity contribution is 6.12. The summed E-state index contributed by atoms with van der Waals surface area (Å²) in [6.07, 6.45) is 6.53. The SMILES string of the molecule is CCCCc1ccc(C2=NC(=Cc3ccco3)C(=O)O2)cc1. The van der Waals surface area contributed by atoms with E-state index < -0.39 is 5.97 Å². The maximum absolute atomic E-state index is 11.8. The van der Waals surface area contributed by atoms with Gasteiger partial charge in [0, 0.05) is 11.6 Å². The van der Waals surface area contributed by atoms with Crippen LogP contribution in [0, 0.1) is 0 Å². The fourth-order valence-corrected chi connectivity index (χ4v) is 2.24. The Kier molecular flexibility index (Phi) is 4.19. The Hall–Kier alpha value is -2.62. The molecule has 0 amide bonds. The summed E-state index contributed by atoms with van der Waals surface area (Å²) in [5.74, 6) is 0.457. The monoisotopic (exact) mass is 295 g/mol. The Labute approximate surface area is 129 Å². The van der Waals surface area contributed by atoms with Gasteiger partial charge in [0.05, 0.1) is 6.26 Å². The van der Waals surface area contributed by atoms with Gasteiger partial charge in [-0.15, -0.1) is 0 Å². The number of unbranched alkanes of at least 4 members (excludes halogenated alkanes) is 1. The Morgan fingerprint density at radius 3 is 2.68 bits per heavy atom. The van der Waals surface area contributed by atoms with Crippen LogP contribution >= 0.6 is 0 Å². The molecule has 112 valence electrons. The van der Waals surface area contributed by atoms with E-state index >= 15 is 0 Å². The lowest BCUT2D eigenvalue weighted by atomic mass is 10.1. The Morgan fingerprint density at radius 1 is 1.18 bits per heavy atom. The molecule has 22 heavy (non-hydrogen) atoms. The molecule has 0 bridgehead atoms. The molecule has 1 aliphatic heterocycles. The fraction of sp³-hybridized carbons (Fsp3) is 0.222. The number of nitrogens with zero attached hydrogens (tertiary/aromatic N) is 1. The highest BCUT2D eigenvalue weighted by atomic mass is 16.6. The molecule has 0 aliphatic carbocycles. The summed E-state index contributed by atoms with van der Waals surface area (Å²) in [5.41, 5.74) is 2.33. The second kappa shape index (κ2) is 6.43. The van der Waals surface area contributed by atoms with Gasteiger partial charge in [0.25, 0.3) is 0 Å². The van der Waals surface area contributed by atoms with Gasteiger partial charge in [-0.2, -0.15) is 0 Å². The first-order valence-electron chi connectivity index (χ1n) is 7.41. The molecule has 2 aromatic rings. The van der Waals surface area contributed by atoms with Crippen LogP contribution in [-0.2, 0) is 16.0 Å². The largest absolute Gasteiger partial charge is 0.465 e. The number of hydrogen-bond donors (Lipinski definition) is 0. The first kappa shape index (κ1) is 14.3. The number of rotatable bonds is 5. The Morgan fingerprint density at radius 2 is 2.00 bits per heavy atom. The topological polar surface area (TPSA) is 51.8 Å². The smallest absolute Gasteiger partial charge is 0.363 e. The van der Waals surface area contributed by atoms with Crippen molar-refractivity contribution in [1.82, 2.24) is 0 Å². The van der Waals surface area contributed by atoms with Gasteiger partial charge in [0.15, 0.2) is 5.70 Å². The summed E-state index contributed by atoms with van der Waals surface area (Å²) in [6, 6.07) is 11.5. The number of hydrogen-bond acceptors (Lipinski definition) is 4. The fourth-order valence-electron chi connectivity index (χ4n) is 2.24. The van der Waals surface area contributed by atoms with E-state index in [9.17, 15) is 4.79 Å². The second-order valence-electron chi connectivity index (χ2n) is 5.15. The molecular formula is C18H17NO3. The number of cyclic esters (lactones) is 1. The molecule has 0 radical (unpaired) electrons. The van der Waals surface area contributed by atoms with E-state index in [4.69, 9.17) is 9.15 Å². The van der Waals surface area contributed by atoms with Crippen LogP contribution in [0.3, 0.4) is 0 Å². The second-order valence-corrected chi connectivity index (χ2v) is 5.15. The van der Waals surface area contributed by atoms with E-state index in [2.05, 4.69) is 24.0 Å². The minimum Gasteiger partial charge on any atom is -0.465 e. The van der Waals surface area contributed by atoms with E-state index in [1.807, 2.05) is 12.1 Å². The van der Waals surface area contributed by atoms with Gasteiger partial charge in [0.2, 0.25) is 5.90 Å². The van der Waals surface area contributed by atoms with E-state index in [1.54, 1.807) is 24.5 Å². The highest BCUT2D eigenvalue weighted by Gasteiger charge is 2.24. The summed E-state index contributed by atoms with van der Waals surface area (Å²) in [4.78, 5) is 16.1. The molecule has 0 unspecified atom stereocenters. The number of ether oxygens (including phenoxy) is 1. The molecule has 3 rings (SSSR count). The van der Waals surface area contributed by atoms with Crippen LogP contribution < -0.4 is 0 Å². The lowest BCUT2D eigenvalue weighted by molar-refractivity contribution is -0.129. The van der Waals surface area contributed by atoms with Crippen molar-refractivity contribution in [2.45, 2.75) is 26.2 Å². The van der Waals surface area contributed by atoms with Crippen molar-refractivity contribution in [2.75, 3.05) is 0 Å². The van der Waals surface area contributed by atoms with Gasteiger partial charge < -0.3 is 9.15 Å². The number of carbonyl (C=O) groups excluding carboxylic acids is 1. The molecule has 0 saturated carbocycles. The van der Waals surface area contributed by atoms with Crippen LogP contribution in [-0.4, -0.2) is 11.9 Å². The van der Waals surface area contributed by atoms with Crippen molar-refractivity contribution in [1.29, 1.82) is 0 Å². The third kappa shape index (κ3) is 3.17. The van der Waals surface area contributed by atoms with Crippen LogP contribution in [0.5, 0.6) is 0 Å². The minimum absolute atomic E-state index is 0.250. The van der Waals surface area contributed by atoms with Crippen molar-refractivity contribution in [3.8, 4) is 0 Å². The number of carbonyl (C=O) groups is 1.